The first-order chi connectivity index (χ1) is 13.5. The van der Waals surface area contributed by atoms with E-state index in [2.05, 4.69) is 51.8 Å². The van der Waals surface area contributed by atoms with Gasteiger partial charge in [-0.05, 0) is 49.9 Å². The summed E-state index contributed by atoms with van der Waals surface area (Å²) in [7, 11) is 2.10. The lowest BCUT2D eigenvalue weighted by atomic mass is 9.93. The number of fused-ring (bicyclic) bond motifs is 1. The van der Waals surface area contributed by atoms with Crippen molar-refractivity contribution in [2.75, 3.05) is 25.0 Å². The molecule has 1 atom stereocenters. The molecule has 28 heavy (non-hydrogen) atoms. The lowest BCUT2D eigenvalue weighted by Gasteiger charge is -2.33. The average molecular weight is 375 g/mol. The van der Waals surface area contributed by atoms with E-state index in [1.165, 1.54) is 16.8 Å². The zero-order valence-corrected chi connectivity index (χ0v) is 16.5. The van der Waals surface area contributed by atoms with Gasteiger partial charge in [-0.3, -0.25) is 4.79 Å². The smallest absolute Gasteiger partial charge is 0.273 e. The second-order valence-corrected chi connectivity index (χ2v) is 7.56. The van der Waals surface area contributed by atoms with Gasteiger partial charge in [0.25, 0.3) is 5.91 Å². The van der Waals surface area contributed by atoms with Crippen molar-refractivity contribution in [3.63, 3.8) is 0 Å². The second kappa shape index (κ2) is 7.46. The number of nitrogens with one attached hydrogen (secondary N) is 1. The minimum atomic E-state index is -0.169. The summed E-state index contributed by atoms with van der Waals surface area (Å²) in [6.07, 6.45) is 0.968. The molecule has 0 spiro atoms. The third-order valence-corrected chi connectivity index (χ3v) is 5.38. The fourth-order valence-electron chi connectivity index (χ4n) is 3.84. The number of aromatic nitrogens is 3. The van der Waals surface area contributed by atoms with E-state index >= 15 is 0 Å². The second-order valence-electron chi connectivity index (χ2n) is 7.56. The van der Waals surface area contributed by atoms with E-state index in [9.17, 15) is 4.79 Å². The number of aryl methyl sites for hydroxylation is 1. The number of rotatable bonds is 4. The number of hydrogen-bond donors (Lipinski definition) is 1. The number of carbonyl (C=O) groups is 1. The fraction of sp³-hybridized carbons (Fsp3) is 0.318. The summed E-state index contributed by atoms with van der Waals surface area (Å²) in [5, 5.41) is 11.3. The lowest BCUT2D eigenvalue weighted by molar-refractivity contribution is 0.0941. The van der Waals surface area contributed by atoms with Crippen molar-refractivity contribution < 1.29 is 4.79 Å². The monoisotopic (exact) mass is 375 g/mol. The normalized spacial score (nSPS) is 16.0. The molecule has 2 heterocycles. The molecule has 0 saturated carbocycles. The van der Waals surface area contributed by atoms with Crippen molar-refractivity contribution in [3.8, 4) is 5.69 Å². The summed E-state index contributed by atoms with van der Waals surface area (Å²) in [5.74, 6) is 0.202. The van der Waals surface area contributed by atoms with E-state index < -0.39 is 0 Å². The summed E-state index contributed by atoms with van der Waals surface area (Å²) in [6, 6.07) is 16.5. The minimum Gasteiger partial charge on any atom is -0.374 e. The Hall–Kier alpha value is -3.15. The van der Waals surface area contributed by atoms with Crippen LogP contribution in [-0.4, -0.2) is 41.0 Å². The molecule has 0 saturated heterocycles. The van der Waals surface area contributed by atoms with Crippen molar-refractivity contribution in [3.05, 3.63) is 71.0 Å². The molecule has 1 aliphatic heterocycles. The fourth-order valence-corrected chi connectivity index (χ4v) is 3.84. The highest BCUT2D eigenvalue weighted by atomic mass is 16.2. The first kappa shape index (κ1) is 18.2. The van der Waals surface area contributed by atoms with Gasteiger partial charge in [-0.2, -0.15) is 0 Å². The Kier molecular flexibility index (Phi) is 4.86. The molecule has 1 N–H and O–H groups in total. The van der Waals surface area contributed by atoms with Crippen LogP contribution in [0.4, 0.5) is 5.69 Å². The predicted molar refractivity (Wildman–Crippen MR) is 110 cm³/mol. The number of anilines is 1. The van der Waals surface area contributed by atoms with Gasteiger partial charge in [0, 0.05) is 25.8 Å². The third-order valence-electron chi connectivity index (χ3n) is 5.38. The Morgan fingerprint density at radius 1 is 1.14 bits per heavy atom. The molecular formula is C22H25N5O. The highest BCUT2D eigenvalue weighted by molar-refractivity contribution is 5.93. The SMILES string of the molecule is Cc1ccc(-n2nnc(C(=O)NC[C@@H]3Cc4ccccc4N(C)C3)c2C)cc1. The number of para-hydroxylation sites is 1. The first-order valence-electron chi connectivity index (χ1n) is 9.59. The molecule has 0 radical (unpaired) electrons. The summed E-state index contributed by atoms with van der Waals surface area (Å²) in [4.78, 5) is 15.0. The van der Waals surface area contributed by atoms with Gasteiger partial charge < -0.3 is 10.2 Å². The minimum absolute atomic E-state index is 0.169. The van der Waals surface area contributed by atoms with Crippen molar-refractivity contribution in [1.82, 2.24) is 20.3 Å². The Bertz CT molecular complexity index is 992. The van der Waals surface area contributed by atoms with Gasteiger partial charge in [-0.15, -0.1) is 5.10 Å². The first-order valence-corrected chi connectivity index (χ1v) is 9.59. The summed E-state index contributed by atoms with van der Waals surface area (Å²) in [6.45, 7) is 5.46. The summed E-state index contributed by atoms with van der Waals surface area (Å²) >= 11 is 0. The van der Waals surface area contributed by atoms with Crippen molar-refractivity contribution in [2.45, 2.75) is 20.3 Å². The highest BCUT2D eigenvalue weighted by Gasteiger charge is 2.23. The zero-order chi connectivity index (χ0) is 19.7. The molecule has 1 aromatic heterocycles. The van der Waals surface area contributed by atoms with E-state index in [0.29, 0.717) is 18.2 Å². The third kappa shape index (κ3) is 3.50. The number of carbonyl (C=O) groups excluding carboxylic acids is 1. The molecule has 0 bridgehead atoms. The lowest BCUT2D eigenvalue weighted by Crippen LogP contribution is -2.39. The highest BCUT2D eigenvalue weighted by Crippen LogP contribution is 2.28. The topological polar surface area (TPSA) is 63.1 Å². The van der Waals surface area contributed by atoms with Crippen LogP contribution in [0.1, 0.15) is 27.3 Å². The van der Waals surface area contributed by atoms with Crippen LogP contribution in [0.15, 0.2) is 48.5 Å². The molecule has 6 heteroatoms. The van der Waals surface area contributed by atoms with Crippen LogP contribution >= 0.6 is 0 Å². The van der Waals surface area contributed by atoms with Gasteiger partial charge in [0.1, 0.15) is 0 Å². The molecule has 6 nitrogen and oxygen atoms in total. The van der Waals surface area contributed by atoms with Gasteiger partial charge in [0.05, 0.1) is 11.4 Å². The maximum Gasteiger partial charge on any atom is 0.273 e. The molecule has 2 aromatic carbocycles. The van der Waals surface area contributed by atoms with Crippen LogP contribution in [0, 0.1) is 19.8 Å². The molecule has 144 valence electrons. The molecule has 1 amide bonds. The predicted octanol–water partition coefficient (Wildman–Crippen LogP) is 2.92. The van der Waals surface area contributed by atoms with Crippen LogP contribution in [0.5, 0.6) is 0 Å². The molecule has 0 unspecified atom stereocenters. The number of amides is 1. The van der Waals surface area contributed by atoms with Gasteiger partial charge >= 0.3 is 0 Å². The summed E-state index contributed by atoms with van der Waals surface area (Å²) in [5.41, 5.74) is 5.82. The Morgan fingerprint density at radius 2 is 1.89 bits per heavy atom. The Morgan fingerprint density at radius 3 is 2.68 bits per heavy atom. The molecule has 0 fully saturated rings. The van der Waals surface area contributed by atoms with E-state index in [-0.39, 0.29) is 5.91 Å². The number of hydrogen-bond acceptors (Lipinski definition) is 4. The van der Waals surface area contributed by atoms with Crippen LogP contribution in [0.25, 0.3) is 5.69 Å². The van der Waals surface area contributed by atoms with Crippen molar-refractivity contribution in [1.29, 1.82) is 0 Å². The van der Waals surface area contributed by atoms with Gasteiger partial charge in [-0.1, -0.05) is 41.1 Å². The molecule has 3 aromatic rings. The number of benzene rings is 2. The maximum atomic E-state index is 12.7. The van der Waals surface area contributed by atoms with Crippen LogP contribution in [0.3, 0.4) is 0 Å². The van der Waals surface area contributed by atoms with Crippen molar-refractivity contribution in [2.24, 2.45) is 5.92 Å². The van der Waals surface area contributed by atoms with Crippen LogP contribution in [-0.2, 0) is 6.42 Å². The largest absolute Gasteiger partial charge is 0.374 e. The van der Waals surface area contributed by atoms with Gasteiger partial charge in [0.2, 0.25) is 0 Å². The molecule has 0 aliphatic carbocycles. The Labute approximate surface area is 165 Å². The van der Waals surface area contributed by atoms with Crippen LogP contribution < -0.4 is 10.2 Å². The van der Waals surface area contributed by atoms with Gasteiger partial charge in [0.15, 0.2) is 5.69 Å². The average Bonchev–Trinajstić information content (AvgIpc) is 3.08. The molecule has 4 rings (SSSR count). The van der Waals surface area contributed by atoms with E-state index in [1.54, 1.807) is 4.68 Å². The maximum absolute atomic E-state index is 12.7. The molecule has 1 aliphatic rings. The molecular weight excluding hydrogens is 350 g/mol. The quantitative estimate of drug-likeness (QED) is 0.762. The van der Waals surface area contributed by atoms with E-state index in [0.717, 1.165) is 24.3 Å². The standard InChI is InChI=1S/C22H25N5O/c1-15-8-10-19(11-9-15)27-16(2)21(24-25-27)22(28)23-13-17-12-18-6-4-5-7-20(18)26(3)14-17/h4-11,17H,12-14H2,1-3H3,(H,23,28)/t17-/m0/s1. The Balaban J connectivity index is 1.43. The summed E-state index contributed by atoms with van der Waals surface area (Å²) < 4.78 is 1.71. The van der Waals surface area contributed by atoms with E-state index in [4.69, 9.17) is 0 Å². The van der Waals surface area contributed by atoms with Gasteiger partial charge in [-0.25, -0.2) is 4.68 Å². The van der Waals surface area contributed by atoms with E-state index in [1.807, 2.05) is 38.1 Å². The van der Waals surface area contributed by atoms with Crippen LogP contribution in [0.2, 0.25) is 0 Å². The number of nitrogens with zero attached hydrogens (tertiary/aromatic N) is 4. The zero-order valence-electron chi connectivity index (χ0n) is 16.5. The van der Waals surface area contributed by atoms with Crippen molar-refractivity contribution >= 4 is 11.6 Å².